The monoisotopic (exact) mass is 243 g/mol. The summed E-state index contributed by atoms with van der Waals surface area (Å²) in [5.74, 6) is 0.549. The summed E-state index contributed by atoms with van der Waals surface area (Å²) in [5.41, 5.74) is 4.90. The van der Waals surface area contributed by atoms with E-state index in [4.69, 9.17) is 15.2 Å². The van der Waals surface area contributed by atoms with Gasteiger partial charge in [-0.15, -0.1) is 0 Å². The quantitative estimate of drug-likeness (QED) is 0.814. The van der Waals surface area contributed by atoms with Gasteiger partial charge in [-0.2, -0.15) is 0 Å². The van der Waals surface area contributed by atoms with Gasteiger partial charge in [-0.1, -0.05) is 0 Å². The van der Waals surface area contributed by atoms with E-state index in [0.29, 0.717) is 11.1 Å². The molecule has 1 aromatic carbocycles. The number of primary amides is 1. The van der Waals surface area contributed by atoms with E-state index in [2.05, 4.69) is 0 Å². The van der Waals surface area contributed by atoms with Gasteiger partial charge in [0.2, 0.25) is 0 Å². The number of methoxy groups -OCH3 is 1. The van der Waals surface area contributed by atoms with E-state index in [0.717, 1.165) is 0 Å². The summed E-state index contributed by atoms with van der Waals surface area (Å²) in [4.78, 5) is 10.6. The maximum Gasteiger partial charge on any atom is 0.410 e. The van der Waals surface area contributed by atoms with Crippen molar-refractivity contribution in [1.82, 2.24) is 0 Å². The highest BCUT2D eigenvalue weighted by Gasteiger charge is 2.15. The summed E-state index contributed by atoms with van der Waals surface area (Å²) in [6.45, 7) is 3.30. The van der Waals surface area contributed by atoms with E-state index in [1.807, 2.05) is 0 Å². The number of hydrogen-bond donors (Lipinski definition) is 1. The van der Waals surface area contributed by atoms with Gasteiger partial charge in [0.1, 0.15) is 7.14 Å². The average molecular weight is 243 g/mol. The standard InChI is InChI=1S/C10H14NO4P/c1-14-9-6-7(16(2,3)13)4-5-8(9)15-10(11)12/h4-6H,1-3H3,(H2,11,12). The van der Waals surface area contributed by atoms with E-state index in [1.54, 1.807) is 25.5 Å². The minimum atomic E-state index is -2.36. The van der Waals surface area contributed by atoms with Crippen molar-refractivity contribution < 1.29 is 18.8 Å². The molecule has 0 radical (unpaired) electrons. The first-order valence-electron chi connectivity index (χ1n) is 4.55. The zero-order valence-corrected chi connectivity index (χ0v) is 10.3. The van der Waals surface area contributed by atoms with E-state index in [9.17, 15) is 9.36 Å². The van der Waals surface area contributed by atoms with Gasteiger partial charge in [0.15, 0.2) is 11.5 Å². The van der Waals surface area contributed by atoms with E-state index >= 15 is 0 Å². The Hall–Kier alpha value is -1.48. The molecule has 88 valence electrons. The van der Waals surface area contributed by atoms with Crippen LogP contribution in [0.3, 0.4) is 0 Å². The molecule has 0 aliphatic heterocycles. The topological polar surface area (TPSA) is 78.6 Å². The maximum absolute atomic E-state index is 11.8. The van der Waals surface area contributed by atoms with Crippen molar-refractivity contribution in [3.8, 4) is 11.5 Å². The van der Waals surface area contributed by atoms with Crippen LogP contribution in [0.5, 0.6) is 11.5 Å². The SMILES string of the molecule is COc1cc(P(C)(C)=O)ccc1OC(N)=O. The van der Waals surface area contributed by atoms with Gasteiger partial charge in [-0.05, 0) is 31.5 Å². The Morgan fingerprint density at radius 3 is 2.38 bits per heavy atom. The first-order chi connectivity index (χ1) is 7.34. The molecule has 6 heteroatoms. The predicted octanol–water partition coefficient (Wildman–Crippen LogP) is 1.40. The lowest BCUT2D eigenvalue weighted by atomic mass is 10.3. The summed E-state index contributed by atoms with van der Waals surface area (Å²) in [5, 5.41) is 0.654. The molecular formula is C10H14NO4P. The summed E-state index contributed by atoms with van der Waals surface area (Å²) in [6, 6.07) is 4.72. The lowest BCUT2D eigenvalue weighted by molar-refractivity contribution is 0.208. The molecule has 0 atom stereocenters. The highest BCUT2D eigenvalue weighted by atomic mass is 31.2. The maximum atomic E-state index is 11.8. The third-order valence-electron chi connectivity index (χ3n) is 1.98. The zero-order valence-electron chi connectivity index (χ0n) is 9.39. The largest absolute Gasteiger partial charge is 0.493 e. The van der Waals surface area contributed by atoms with Crippen molar-refractivity contribution in [2.45, 2.75) is 0 Å². The molecule has 0 unspecified atom stereocenters. The van der Waals surface area contributed by atoms with Gasteiger partial charge in [-0.25, -0.2) is 4.79 Å². The van der Waals surface area contributed by atoms with Crippen LogP contribution in [0, 0.1) is 0 Å². The molecule has 0 fully saturated rings. The number of nitrogens with two attached hydrogens (primary N) is 1. The minimum absolute atomic E-state index is 0.215. The molecule has 16 heavy (non-hydrogen) atoms. The number of benzene rings is 1. The highest BCUT2D eigenvalue weighted by molar-refractivity contribution is 7.70. The minimum Gasteiger partial charge on any atom is -0.493 e. The molecule has 0 aromatic heterocycles. The van der Waals surface area contributed by atoms with Crippen molar-refractivity contribution in [2.75, 3.05) is 20.4 Å². The summed E-state index contributed by atoms with van der Waals surface area (Å²) >= 11 is 0. The molecule has 2 N–H and O–H groups in total. The van der Waals surface area contributed by atoms with Crippen LogP contribution in [0.4, 0.5) is 4.79 Å². The molecular weight excluding hydrogens is 229 g/mol. The number of hydrogen-bond acceptors (Lipinski definition) is 4. The van der Waals surface area contributed by atoms with Crippen LogP contribution in [0.25, 0.3) is 0 Å². The fourth-order valence-electron chi connectivity index (χ4n) is 1.18. The fraction of sp³-hybridized carbons (Fsp3) is 0.300. The Labute approximate surface area is 93.9 Å². The van der Waals surface area contributed by atoms with Crippen LogP contribution in [-0.2, 0) is 4.57 Å². The molecule has 0 aliphatic carbocycles. The molecule has 0 aliphatic rings. The van der Waals surface area contributed by atoms with Crippen LogP contribution in [0.2, 0.25) is 0 Å². The molecule has 0 spiro atoms. The van der Waals surface area contributed by atoms with Crippen LogP contribution < -0.4 is 20.5 Å². The average Bonchev–Trinajstić information content (AvgIpc) is 2.15. The van der Waals surface area contributed by atoms with E-state index < -0.39 is 13.2 Å². The van der Waals surface area contributed by atoms with Gasteiger partial charge in [0.05, 0.1) is 7.11 Å². The normalized spacial score (nSPS) is 10.9. The van der Waals surface area contributed by atoms with Gasteiger partial charge in [-0.3, -0.25) is 0 Å². The van der Waals surface area contributed by atoms with Gasteiger partial charge < -0.3 is 19.8 Å². The molecule has 0 saturated heterocycles. The van der Waals surface area contributed by atoms with Crippen molar-refractivity contribution >= 4 is 18.5 Å². The Morgan fingerprint density at radius 1 is 1.31 bits per heavy atom. The Morgan fingerprint density at radius 2 is 1.94 bits per heavy atom. The van der Waals surface area contributed by atoms with Gasteiger partial charge in [0.25, 0.3) is 0 Å². The summed E-state index contributed by atoms with van der Waals surface area (Å²) in [7, 11) is -0.930. The third kappa shape index (κ3) is 3.00. The third-order valence-corrected chi connectivity index (χ3v) is 3.50. The molecule has 0 bridgehead atoms. The van der Waals surface area contributed by atoms with Gasteiger partial charge in [0, 0.05) is 5.30 Å². The second-order valence-corrected chi connectivity index (χ2v) is 6.83. The van der Waals surface area contributed by atoms with Gasteiger partial charge >= 0.3 is 6.09 Å². The molecule has 1 aromatic rings. The van der Waals surface area contributed by atoms with Crippen LogP contribution in [-0.4, -0.2) is 26.5 Å². The Balaban J connectivity index is 3.17. The molecule has 0 saturated carbocycles. The summed E-state index contributed by atoms with van der Waals surface area (Å²) < 4.78 is 21.6. The second-order valence-electron chi connectivity index (χ2n) is 3.61. The van der Waals surface area contributed by atoms with Crippen molar-refractivity contribution in [1.29, 1.82) is 0 Å². The predicted molar refractivity (Wildman–Crippen MR) is 62.3 cm³/mol. The lowest BCUT2D eigenvalue weighted by Gasteiger charge is -2.11. The second kappa shape index (κ2) is 4.58. The first-order valence-corrected chi connectivity index (χ1v) is 7.15. The number of rotatable bonds is 3. The van der Waals surface area contributed by atoms with E-state index in [-0.39, 0.29) is 5.75 Å². The van der Waals surface area contributed by atoms with Crippen molar-refractivity contribution in [3.63, 3.8) is 0 Å². The first kappa shape index (κ1) is 12.6. The summed E-state index contributed by atoms with van der Waals surface area (Å²) in [6.07, 6.45) is -0.915. The number of carbonyl (C=O) groups is 1. The molecule has 1 amide bonds. The zero-order chi connectivity index (χ0) is 12.3. The number of amides is 1. The molecule has 0 heterocycles. The highest BCUT2D eigenvalue weighted by Crippen LogP contribution is 2.37. The van der Waals surface area contributed by atoms with Crippen LogP contribution >= 0.6 is 7.14 Å². The lowest BCUT2D eigenvalue weighted by Crippen LogP contribution is -2.17. The van der Waals surface area contributed by atoms with Crippen molar-refractivity contribution in [3.05, 3.63) is 18.2 Å². The Kier molecular flexibility index (Phi) is 3.60. The number of carbonyl (C=O) groups excluding carboxylic acids is 1. The molecule has 5 nitrogen and oxygen atoms in total. The smallest absolute Gasteiger partial charge is 0.410 e. The molecule has 1 rings (SSSR count). The van der Waals surface area contributed by atoms with Crippen LogP contribution in [0.15, 0.2) is 18.2 Å². The Bertz CT molecular complexity index is 452. The fourth-order valence-corrected chi connectivity index (χ4v) is 2.05. The number of ether oxygens (including phenoxy) is 2. The van der Waals surface area contributed by atoms with Crippen LogP contribution in [0.1, 0.15) is 0 Å². The van der Waals surface area contributed by atoms with Crippen molar-refractivity contribution in [2.24, 2.45) is 5.73 Å². The van der Waals surface area contributed by atoms with E-state index in [1.165, 1.54) is 13.2 Å².